The molecule has 0 radical (unpaired) electrons. The van der Waals surface area contributed by atoms with Crippen LogP contribution in [0.5, 0.6) is 0 Å². The molecule has 44 heavy (non-hydrogen) atoms. The van der Waals surface area contributed by atoms with Crippen molar-refractivity contribution in [1.29, 1.82) is 0 Å². The maximum absolute atomic E-state index is 13.8. The second kappa shape index (κ2) is 14.5. The lowest BCUT2D eigenvalue weighted by Gasteiger charge is -2.25. The number of nitrogens with zero attached hydrogens (tertiary/aromatic N) is 1. The lowest BCUT2D eigenvalue weighted by Crippen LogP contribution is -2.47. The van der Waals surface area contributed by atoms with Crippen LogP contribution in [0.2, 0.25) is 0 Å². The van der Waals surface area contributed by atoms with E-state index in [1.54, 1.807) is 24.3 Å². The molecule has 0 saturated heterocycles. The Labute approximate surface area is 262 Å². The summed E-state index contributed by atoms with van der Waals surface area (Å²) in [6.07, 6.45) is -1.28. The van der Waals surface area contributed by atoms with Gasteiger partial charge < -0.3 is 15.4 Å². The molecule has 3 N–H and O–H groups in total. The Morgan fingerprint density at radius 2 is 1.50 bits per heavy atom. The van der Waals surface area contributed by atoms with Crippen molar-refractivity contribution in [2.24, 2.45) is 0 Å². The van der Waals surface area contributed by atoms with E-state index in [-0.39, 0.29) is 6.42 Å². The van der Waals surface area contributed by atoms with E-state index >= 15 is 0 Å². The number of hydrogen-bond donors (Lipinski definition) is 3. The van der Waals surface area contributed by atoms with Gasteiger partial charge in [-0.3, -0.25) is 13.7 Å². The molecule has 4 aromatic rings. The van der Waals surface area contributed by atoms with Crippen molar-refractivity contribution in [2.45, 2.75) is 51.3 Å². The van der Waals surface area contributed by atoms with Crippen LogP contribution in [-0.4, -0.2) is 44.2 Å². The van der Waals surface area contributed by atoms with Gasteiger partial charge in [0.2, 0.25) is 0 Å². The number of hydrogen-bond acceptors (Lipinski definition) is 8. The van der Waals surface area contributed by atoms with Crippen molar-refractivity contribution in [2.75, 3.05) is 11.8 Å². The molecule has 2 atom stereocenters. The first-order chi connectivity index (χ1) is 20.9. The summed E-state index contributed by atoms with van der Waals surface area (Å²) in [7, 11) is -2.84. The van der Waals surface area contributed by atoms with Gasteiger partial charge in [-0.2, -0.15) is 8.42 Å². The molecule has 10 nitrogen and oxygen atoms in total. The highest BCUT2D eigenvalue weighted by Gasteiger charge is 2.29. The highest BCUT2D eigenvalue weighted by atomic mass is 32.2. The molecule has 0 aliphatic carbocycles. The van der Waals surface area contributed by atoms with Gasteiger partial charge in [0.25, 0.3) is 5.91 Å². The van der Waals surface area contributed by atoms with Gasteiger partial charge in [0.15, 0.2) is 6.10 Å². The summed E-state index contributed by atoms with van der Waals surface area (Å²) in [6.45, 7) is 5.48. The van der Waals surface area contributed by atoms with Crippen LogP contribution >= 0.6 is 11.3 Å². The lowest BCUT2D eigenvalue weighted by molar-refractivity contribution is -0.130. The summed E-state index contributed by atoms with van der Waals surface area (Å²) >= 11 is 1.41. The number of aromatic nitrogens is 1. The van der Waals surface area contributed by atoms with Gasteiger partial charge in [-0.05, 0) is 50.5 Å². The van der Waals surface area contributed by atoms with Crippen LogP contribution in [0.25, 0.3) is 11.3 Å². The standard InChI is InChI=1S/C32H36N4O6S2/c1-32(2,3)35-31(38)42-28(20-22-11-7-5-8-12-22)29(37)33-26(30-34-27(21-43-30)24-13-9-6-10-14-24)19-23-15-17-25(18-16-23)36-44(39,40)41-4/h5-18,21,26,28,36H,19-20H2,1-4H3,(H,33,37)(H,35,38)/t26-,28-/m0/s1. The summed E-state index contributed by atoms with van der Waals surface area (Å²) in [5.74, 6) is -0.469. The third kappa shape index (κ3) is 9.90. The normalized spacial score (nSPS) is 13.0. The van der Waals surface area contributed by atoms with Crippen LogP contribution in [-0.2, 0) is 36.9 Å². The Bertz CT molecular complexity index is 1640. The molecular weight excluding hydrogens is 601 g/mol. The summed E-state index contributed by atoms with van der Waals surface area (Å²) in [4.78, 5) is 31.4. The van der Waals surface area contributed by atoms with Crippen molar-refractivity contribution in [3.8, 4) is 11.3 Å². The molecule has 12 heteroatoms. The van der Waals surface area contributed by atoms with Crippen molar-refractivity contribution in [3.63, 3.8) is 0 Å². The first kappa shape index (κ1) is 32.6. The average molecular weight is 637 g/mol. The van der Waals surface area contributed by atoms with Crippen molar-refractivity contribution in [1.82, 2.24) is 15.6 Å². The third-order valence-corrected chi connectivity index (χ3v) is 8.23. The van der Waals surface area contributed by atoms with E-state index in [2.05, 4.69) is 19.5 Å². The third-order valence-electron chi connectivity index (χ3n) is 6.34. The van der Waals surface area contributed by atoms with Crippen molar-refractivity contribution in [3.05, 3.63) is 106 Å². The van der Waals surface area contributed by atoms with Gasteiger partial charge in [-0.15, -0.1) is 11.3 Å². The molecule has 0 saturated carbocycles. The molecule has 2 amide bonds. The summed E-state index contributed by atoms with van der Waals surface area (Å²) in [6, 6.07) is 25.2. The molecule has 0 aliphatic heterocycles. The monoisotopic (exact) mass is 636 g/mol. The Morgan fingerprint density at radius 3 is 2.11 bits per heavy atom. The van der Waals surface area contributed by atoms with E-state index in [4.69, 9.17) is 9.72 Å². The molecule has 4 rings (SSSR count). The molecule has 0 bridgehead atoms. The minimum Gasteiger partial charge on any atom is -0.436 e. The molecule has 232 valence electrons. The maximum atomic E-state index is 13.8. The largest absolute Gasteiger partial charge is 0.436 e. The van der Waals surface area contributed by atoms with Gasteiger partial charge in [0, 0.05) is 22.9 Å². The number of amides is 2. The number of alkyl carbamates (subject to hydrolysis) is 1. The fraction of sp³-hybridized carbons (Fsp3) is 0.281. The summed E-state index contributed by atoms with van der Waals surface area (Å²) in [5.41, 5.74) is 3.15. The van der Waals surface area contributed by atoms with E-state index in [0.717, 1.165) is 29.5 Å². The number of rotatable bonds is 12. The number of ether oxygens (including phenoxy) is 1. The zero-order valence-electron chi connectivity index (χ0n) is 24.9. The minimum atomic E-state index is -3.91. The van der Waals surface area contributed by atoms with Gasteiger partial charge in [0.05, 0.1) is 24.5 Å². The van der Waals surface area contributed by atoms with Gasteiger partial charge in [0.1, 0.15) is 5.01 Å². The van der Waals surface area contributed by atoms with Gasteiger partial charge >= 0.3 is 16.4 Å². The Hall–Kier alpha value is -4.26. The van der Waals surface area contributed by atoms with Crippen LogP contribution in [0.4, 0.5) is 10.5 Å². The van der Waals surface area contributed by atoms with E-state index in [9.17, 15) is 18.0 Å². The van der Waals surface area contributed by atoms with E-state index < -0.39 is 40.0 Å². The first-order valence-corrected chi connectivity index (χ1v) is 16.2. The number of benzene rings is 3. The average Bonchev–Trinajstić information content (AvgIpc) is 3.48. The molecule has 0 spiro atoms. The SMILES string of the molecule is COS(=O)(=O)Nc1ccc(C[C@H](NC(=O)[C@H](Cc2ccccc2)OC(=O)NC(C)(C)C)c2nc(-c3ccccc3)cs2)cc1. The number of carbonyl (C=O) groups is 2. The zero-order valence-corrected chi connectivity index (χ0v) is 26.6. The summed E-state index contributed by atoms with van der Waals surface area (Å²) in [5, 5.41) is 8.42. The van der Waals surface area contributed by atoms with Gasteiger partial charge in [-0.1, -0.05) is 72.8 Å². The highest BCUT2D eigenvalue weighted by Crippen LogP contribution is 2.28. The predicted molar refractivity (Wildman–Crippen MR) is 171 cm³/mol. The van der Waals surface area contributed by atoms with Crippen molar-refractivity contribution < 1.29 is 26.9 Å². The Balaban J connectivity index is 1.61. The zero-order chi connectivity index (χ0) is 31.7. The molecule has 1 aromatic heterocycles. The van der Waals surface area contributed by atoms with E-state index in [0.29, 0.717) is 17.1 Å². The number of nitrogens with one attached hydrogen (secondary N) is 3. The topological polar surface area (TPSA) is 136 Å². The lowest BCUT2D eigenvalue weighted by atomic mass is 10.0. The van der Waals surface area contributed by atoms with E-state index in [1.807, 2.05) is 86.8 Å². The van der Waals surface area contributed by atoms with Gasteiger partial charge in [-0.25, -0.2) is 9.78 Å². The quantitative estimate of drug-likeness (QED) is 0.183. The maximum Gasteiger partial charge on any atom is 0.408 e. The second-order valence-corrected chi connectivity index (χ2v) is 13.4. The van der Waals surface area contributed by atoms with Crippen LogP contribution in [0.1, 0.15) is 42.9 Å². The molecular formula is C32H36N4O6S2. The highest BCUT2D eigenvalue weighted by molar-refractivity contribution is 7.88. The van der Waals surface area contributed by atoms with E-state index in [1.165, 1.54) is 11.3 Å². The molecule has 0 unspecified atom stereocenters. The first-order valence-electron chi connectivity index (χ1n) is 13.9. The van der Waals surface area contributed by atoms with Crippen LogP contribution in [0.15, 0.2) is 90.3 Å². The number of thiazole rings is 1. The molecule has 3 aromatic carbocycles. The second-order valence-electron chi connectivity index (χ2n) is 11.1. The van der Waals surface area contributed by atoms with Crippen LogP contribution in [0, 0.1) is 0 Å². The Morgan fingerprint density at radius 1 is 0.886 bits per heavy atom. The summed E-state index contributed by atoms with van der Waals surface area (Å²) < 4.78 is 36.0. The fourth-order valence-corrected chi connectivity index (χ4v) is 5.65. The fourth-order valence-electron chi connectivity index (χ4n) is 4.27. The Kier molecular flexibility index (Phi) is 10.7. The van der Waals surface area contributed by atoms with Crippen LogP contribution < -0.4 is 15.4 Å². The minimum absolute atomic E-state index is 0.179. The molecule has 0 fully saturated rings. The van der Waals surface area contributed by atoms with Crippen LogP contribution in [0.3, 0.4) is 0 Å². The molecule has 1 heterocycles. The predicted octanol–water partition coefficient (Wildman–Crippen LogP) is 5.65. The number of anilines is 1. The smallest absolute Gasteiger partial charge is 0.408 e. The molecule has 0 aliphatic rings. The number of carbonyl (C=O) groups excluding carboxylic acids is 2. The van der Waals surface area contributed by atoms with Crippen molar-refractivity contribution >= 4 is 39.3 Å².